The Morgan fingerprint density at radius 1 is 1.19 bits per heavy atom. The summed E-state index contributed by atoms with van der Waals surface area (Å²) in [6.45, 7) is 0.394. The number of carbonyl (C=O) groups is 1. The molecule has 8 nitrogen and oxygen atoms in total. The summed E-state index contributed by atoms with van der Waals surface area (Å²) in [5.74, 6) is -0.689. The maximum Gasteiger partial charge on any atom is 0.243 e. The van der Waals surface area contributed by atoms with Crippen LogP contribution < -0.4 is 5.32 Å². The molecular formula is C25H25Cl2N5O3S. The van der Waals surface area contributed by atoms with Gasteiger partial charge in [-0.2, -0.15) is 9.57 Å². The lowest BCUT2D eigenvalue weighted by Crippen LogP contribution is -2.48. The van der Waals surface area contributed by atoms with Gasteiger partial charge < -0.3 is 10.3 Å². The number of nitrogens with one attached hydrogen (secondary N) is 2. The molecule has 4 rings (SSSR count). The van der Waals surface area contributed by atoms with Crippen molar-refractivity contribution in [2.75, 3.05) is 13.1 Å². The Morgan fingerprint density at radius 2 is 1.92 bits per heavy atom. The molecule has 0 spiro atoms. The van der Waals surface area contributed by atoms with E-state index in [9.17, 15) is 13.2 Å². The summed E-state index contributed by atoms with van der Waals surface area (Å²) >= 11 is 12.0. The van der Waals surface area contributed by atoms with Crippen LogP contribution in [0.4, 0.5) is 0 Å². The van der Waals surface area contributed by atoms with E-state index in [-0.39, 0.29) is 33.4 Å². The first-order valence-corrected chi connectivity index (χ1v) is 13.7. The highest BCUT2D eigenvalue weighted by Gasteiger charge is 2.34. The number of aromatic amines is 1. The van der Waals surface area contributed by atoms with Crippen LogP contribution in [-0.4, -0.2) is 47.7 Å². The molecule has 1 aliphatic heterocycles. The Hall–Kier alpha value is -2.90. The maximum atomic E-state index is 13.3. The molecule has 1 aromatic heterocycles. The number of carbonyl (C=O) groups excluding carboxylic acids is 1. The van der Waals surface area contributed by atoms with E-state index in [0.717, 1.165) is 11.3 Å². The summed E-state index contributed by atoms with van der Waals surface area (Å²) < 4.78 is 27.8. The Morgan fingerprint density at radius 3 is 2.56 bits per heavy atom. The van der Waals surface area contributed by atoms with Crippen LogP contribution in [0.5, 0.6) is 0 Å². The van der Waals surface area contributed by atoms with E-state index < -0.39 is 15.9 Å². The van der Waals surface area contributed by atoms with Crippen LogP contribution in [0.25, 0.3) is 0 Å². The predicted molar refractivity (Wildman–Crippen MR) is 137 cm³/mol. The SMILES string of the molecule is N#Cc1ccc(CC(Cc2cnc[nH]2)NC(=O)[C@H]2CCCN(S(=O)(=O)c3cc(Cl)cc(Cl)c3)C2)cc1. The normalized spacial score (nSPS) is 17.3. The van der Waals surface area contributed by atoms with Crippen LogP contribution in [0, 0.1) is 17.2 Å². The molecule has 1 saturated heterocycles. The molecule has 0 saturated carbocycles. The van der Waals surface area contributed by atoms with Crippen molar-refractivity contribution in [2.24, 2.45) is 5.92 Å². The topological polar surface area (TPSA) is 119 Å². The number of imidazole rings is 1. The van der Waals surface area contributed by atoms with Crippen LogP contribution in [0.1, 0.15) is 29.7 Å². The number of halogens is 2. The molecule has 188 valence electrons. The number of nitriles is 1. The number of sulfonamides is 1. The highest BCUT2D eigenvalue weighted by atomic mass is 35.5. The van der Waals surface area contributed by atoms with Gasteiger partial charge in [0.1, 0.15) is 0 Å². The zero-order valence-electron chi connectivity index (χ0n) is 19.3. The highest BCUT2D eigenvalue weighted by molar-refractivity contribution is 7.89. The maximum absolute atomic E-state index is 13.3. The average molecular weight is 546 g/mol. The minimum atomic E-state index is -3.85. The molecular weight excluding hydrogens is 521 g/mol. The monoisotopic (exact) mass is 545 g/mol. The molecule has 3 aromatic rings. The van der Waals surface area contributed by atoms with Crippen molar-refractivity contribution < 1.29 is 13.2 Å². The first-order chi connectivity index (χ1) is 17.2. The number of aromatic nitrogens is 2. The lowest BCUT2D eigenvalue weighted by molar-refractivity contribution is -0.126. The van der Waals surface area contributed by atoms with Gasteiger partial charge in [-0.1, -0.05) is 35.3 Å². The number of hydrogen-bond donors (Lipinski definition) is 2. The van der Waals surface area contributed by atoms with Crippen LogP contribution in [-0.2, 0) is 27.7 Å². The van der Waals surface area contributed by atoms with Gasteiger partial charge in [0.05, 0.1) is 28.8 Å². The third kappa shape index (κ3) is 6.45. The number of rotatable bonds is 8. The van der Waals surface area contributed by atoms with Crippen molar-refractivity contribution >= 4 is 39.1 Å². The van der Waals surface area contributed by atoms with Crippen molar-refractivity contribution in [1.29, 1.82) is 5.26 Å². The van der Waals surface area contributed by atoms with E-state index in [1.165, 1.54) is 22.5 Å². The van der Waals surface area contributed by atoms with Gasteiger partial charge in [0.25, 0.3) is 0 Å². The highest BCUT2D eigenvalue weighted by Crippen LogP contribution is 2.28. The summed E-state index contributed by atoms with van der Waals surface area (Å²) in [5, 5.41) is 12.6. The molecule has 1 unspecified atom stereocenters. The van der Waals surface area contributed by atoms with Gasteiger partial charge in [0.15, 0.2) is 0 Å². The average Bonchev–Trinajstić information content (AvgIpc) is 3.37. The third-order valence-corrected chi connectivity index (χ3v) is 8.44. The van der Waals surface area contributed by atoms with Crippen molar-refractivity contribution in [3.63, 3.8) is 0 Å². The molecule has 2 atom stereocenters. The molecule has 0 radical (unpaired) electrons. The second-order valence-electron chi connectivity index (χ2n) is 8.81. The van der Waals surface area contributed by atoms with Gasteiger partial charge >= 0.3 is 0 Å². The van der Waals surface area contributed by atoms with E-state index in [2.05, 4.69) is 21.4 Å². The lowest BCUT2D eigenvalue weighted by Gasteiger charge is -2.32. The largest absolute Gasteiger partial charge is 0.352 e. The Labute approximate surface area is 220 Å². The number of nitrogens with zero attached hydrogens (tertiary/aromatic N) is 3. The zero-order chi connectivity index (χ0) is 25.7. The Balaban J connectivity index is 1.47. The van der Waals surface area contributed by atoms with Crippen molar-refractivity contribution in [2.45, 2.75) is 36.6 Å². The van der Waals surface area contributed by atoms with E-state index in [1.54, 1.807) is 24.7 Å². The third-order valence-electron chi connectivity index (χ3n) is 6.16. The lowest BCUT2D eigenvalue weighted by atomic mass is 9.96. The predicted octanol–water partition coefficient (Wildman–Crippen LogP) is 3.96. The molecule has 1 fully saturated rings. The second-order valence-corrected chi connectivity index (χ2v) is 11.6. The van der Waals surface area contributed by atoms with Crippen molar-refractivity contribution in [1.82, 2.24) is 19.6 Å². The number of amides is 1. The standard InChI is InChI=1S/C25H25Cl2N5O3S/c26-20-9-21(27)11-24(10-20)36(34,35)32-7-1-2-19(15-32)25(33)31-22(12-23-14-29-16-30-23)8-17-3-5-18(13-28)6-4-17/h3-6,9-11,14,16,19,22H,1-2,7-8,12,15H2,(H,29,30)(H,31,33)/t19-,22?/m0/s1. The smallest absolute Gasteiger partial charge is 0.243 e. The molecule has 2 aromatic carbocycles. The number of hydrogen-bond acceptors (Lipinski definition) is 5. The van der Waals surface area contributed by atoms with E-state index in [4.69, 9.17) is 28.5 Å². The van der Waals surface area contributed by atoms with Crippen LogP contribution in [0.15, 0.2) is 59.9 Å². The van der Waals surface area contributed by atoms with Crippen LogP contribution >= 0.6 is 23.2 Å². The van der Waals surface area contributed by atoms with Gasteiger partial charge in [-0.3, -0.25) is 4.79 Å². The fourth-order valence-electron chi connectivity index (χ4n) is 4.36. The van der Waals surface area contributed by atoms with Gasteiger partial charge in [-0.05, 0) is 55.2 Å². The van der Waals surface area contributed by atoms with E-state index in [1.807, 2.05) is 12.1 Å². The first-order valence-electron chi connectivity index (χ1n) is 11.5. The molecule has 36 heavy (non-hydrogen) atoms. The number of piperidine rings is 1. The molecule has 1 aliphatic rings. The van der Waals surface area contributed by atoms with Crippen LogP contribution in [0.3, 0.4) is 0 Å². The summed E-state index contributed by atoms with van der Waals surface area (Å²) in [4.78, 5) is 20.4. The first kappa shape index (κ1) is 26.2. The van der Waals surface area contributed by atoms with Gasteiger partial charge in [0.2, 0.25) is 15.9 Å². The zero-order valence-corrected chi connectivity index (χ0v) is 21.7. The summed E-state index contributed by atoms with van der Waals surface area (Å²) in [6, 6.07) is 13.3. The second kappa shape index (κ2) is 11.4. The molecule has 11 heteroatoms. The quantitative estimate of drug-likeness (QED) is 0.444. The van der Waals surface area contributed by atoms with E-state index >= 15 is 0 Å². The Kier molecular flexibility index (Phi) is 8.32. The minimum absolute atomic E-state index is 0.0130. The molecule has 2 heterocycles. The fraction of sp³-hybridized carbons (Fsp3) is 0.320. The molecule has 0 aliphatic carbocycles. The molecule has 0 bridgehead atoms. The molecule has 2 N–H and O–H groups in total. The Bertz CT molecular complexity index is 1340. The minimum Gasteiger partial charge on any atom is -0.352 e. The van der Waals surface area contributed by atoms with Crippen molar-refractivity contribution in [3.05, 3.63) is 81.9 Å². The summed E-state index contributed by atoms with van der Waals surface area (Å²) in [5.41, 5.74) is 2.42. The van der Waals surface area contributed by atoms with Gasteiger partial charge in [-0.25, -0.2) is 13.4 Å². The molecule has 1 amide bonds. The fourth-order valence-corrected chi connectivity index (χ4v) is 6.61. The van der Waals surface area contributed by atoms with Crippen molar-refractivity contribution in [3.8, 4) is 6.07 Å². The van der Waals surface area contributed by atoms with Crippen LogP contribution in [0.2, 0.25) is 10.0 Å². The number of H-pyrrole nitrogens is 1. The summed E-state index contributed by atoms with van der Waals surface area (Å²) in [7, 11) is -3.85. The van der Waals surface area contributed by atoms with E-state index in [0.29, 0.717) is 37.8 Å². The van der Waals surface area contributed by atoms with Gasteiger partial charge in [-0.15, -0.1) is 0 Å². The van der Waals surface area contributed by atoms with Gasteiger partial charge in [0, 0.05) is 47.5 Å². The summed E-state index contributed by atoms with van der Waals surface area (Å²) in [6.07, 6.45) is 5.52. The number of benzene rings is 2.